The zero-order valence-electron chi connectivity index (χ0n) is 12.8. The van der Waals surface area contributed by atoms with Crippen LogP contribution in [0.25, 0.3) is 0 Å². The fraction of sp³-hybridized carbons (Fsp3) is 0.375. The molecule has 1 rings (SSSR count). The van der Waals surface area contributed by atoms with Crippen LogP contribution < -0.4 is 10.6 Å². The fourth-order valence-electron chi connectivity index (χ4n) is 1.59. The molecule has 0 radical (unpaired) electrons. The van der Waals surface area contributed by atoms with E-state index in [2.05, 4.69) is 10.6 Å². The Kier molecular flexibility index (Phi) is 7.51. The lowest BCUT2D eigenvalue weighted by Crippen LogP contribution is -2.18. The minimum Gasteiger partial charge on any atom is -0.506 e. The smallest absolute Gasteiger partial charge is 0.267 e. The number of carbonyl (C=O) groups is 1. The van der Waals surface area contributed by atoms with Gasteiger partial charge in [0.2, 0.25) is 0 Å². The molecule has 0 spiro atoms. The number of nitrogens with zero attached hydrogens (tertiary/aromatic N) is 1. The van der Waals surface area contributed by atoms with E-state index in [9.17, 15) is 9.90 Å². The SMILES string of the molecule is CC(C)OCCCN/C=C(/C#N)C(=O)Nc1ccccc1O. The summed E-state index contributed by atoms with van der Waals surface area (Å²) in [4.78, 5) is 11.9. The van der Waals surface area contributed by atoms with Gasteiger partial charge in [-0.15, -0.1) is 0 Å². The maximum Gasteiger partial charge on any atom is 0.267 e. The summed E-state index contributed by atoms with van der Waals surface area (Å²) in [7, 11) is 0. The average Bonchev–Trinajstić information content (AvgIpc) is 2.48. The highest BCUT2D eigenvalue weighted by molar-refractivity contribution is 6.07. The summed E-state index contributed by atoms with van der Waals surface area (Å²) in [5.41, 5.74) is 0.201. The van der Waals surface area contributed by atoms with Crippen LogP contribution in [0, 0.1) is 11.3 Å². The van der Waals surface area contributed by atoms with Gasteiger partial charge in [-0.05, 0) is 32.4 Å². The number of benzene rings is 1. The van der Waals surface area contributed by atoms with Crippen molar-refractivity contribution in [2.75, 3.05) is 18.5 Å². The van der Waals surface area contributed by atoms with E-state index in [0.717, 1.165) is 6.42 Å². The number of hydrogen-bond acceptors (Lipinski definition) is 5. The third-order valence-electron chi connectivity index (χ3n) is 2.68. The molecule has 0 saturated carbocycles. The Labute approximate surface area is 130 Å². The van der Waals surface area contributed by atoms with Crippen molar-refractivity contribution in [2.45, 2.75) is 26.4 Å². The van der Waals surface area contributed by atoms with E-state index in [0.29, 0.717) is 13.2 Å². The molecular weight excluding hydrogens is 282 g/mol. The fourth-order valence-corrected chi connectivity index (χ4v) is 1.59. The molecule has 0 aliphatic heterocycles. The summed E-state index contributed by atoms with van der Waals surface area (Å²) in [6.45, 7) is 5.14. The lowest BCUT2D eigenvalue weighted by atomic mass is 10.2. The molecule has 0 saturated heterocycles. The first-order chi connectivity index (χ1) is 10.5. The van der Waals surface area contributed by atoms with E-state index in [1.165, 1.54) is 12.3 Å². The normalized spacial score (nSPS) is 11.1. The molecule has 22 heavy (non-hydrogen) atoms. The van der Waals surface area contributed by atoms with Crippen molar-refractivity contribution in [1.29, 1.82) is 5.26 Å². The minimum absolute atomic E-state index is 0.0491. The molecule has 0 aliphatic carbocycles. The lowest BCUT2D eigenvalue weighted by molar-refractivity contribution is -0.112. The van der Waals surface area contributed by atoms with Gasteiger partial charge in [0.05, 0.1) is 11.8 Å². The quantitative estimate of drug-likeness (QED) is 0.296. The lowest BCUT2D eigenvalue weighted by Gasteiger charge is -2.08. The molecule has 1 aromatic rings. The number of amides is 1. The second-order valence-corrected chi connectivity index (χ2v) is 4.87. The number of hydrogen-bond donors (Lipinski definition) is 3. The number of anilines is 1. The molecule has 3 N–H and O–H groups in total. The topological polar surface area (TPSA) is 94.4 Å². The standard InChI is InChI=1S/C16H21N3O3/c1-12(2)22-9-5-8-18-11-13(10-17)16(21)19-14-6-3-4-7-15(14)20/h3-4,6-7,11-12,18,20H,5,8-9H2,1-2H3,(H,19,21)/b13-11-. The first-order valence-corrected chi connectivity index (χ1v) is 7.09. The predicted octanol–water partition coefficient (Wildman–Crippen LogP) is 2.14. The third kappa shape index (κ3) is 6.29. The van der Waals surface area contributed by atoms with Crippen LogP contribution in [0.2, 0.25) is 0 Å². The van der Waals surface area contributed by atoms with Crippen LogP contribution in [-0.2, 0) is 9.53 Å². The monoisotopic (exact) mass is 303 g/mol. The molecule has 0 bridgehead atoms. The summed E-state index contributed by atoms with van der Waals surface area (Å²) in [5.74, 6) is -0.623. The summed E-state index contributed by atoms with van der Waals surface area (Å²) >= 11 is 0. The van der Waals surface area contributed by atoms with Gasteiger partial charge in [0, 0.05) is 19.4 Å². The summed E-state index contributed by atoms with van der Waals surface area (Å²) in [6.07, 6.45) is 2.33. The van der Waals surface area contributed by atoms with Crippen LogP contribution in [0.5, 0.6) is 5.75 Å². The number of ether oxygens (including phenoxy) is 1. The van der Waals surface area contributed by atoms with Crippen LogP contribution in [0.4, 0.5) is 5.69 Å². The van der Waals surface area contributed by atoms with Crippen molar-refractivity contribution in [1.82, 2.24) is 5.32 Å². The Bertz CT molecular complexity index is 562. The largest absolute Gasteiger partial charge is 0.506 e. The summed E-state index contributed by atoms with van der Waals surface area (Å²) < 4.78 is 5.38. The van der Waals surface area contributed by atoms with E-state index in [1.54, 1.807) is 18.2 Å². The van der Waals surface area contributed by atoms with E-state index in [-0.39, 0.29) is 23.1 Å². The van der Waals surface area contributed by atoms with Gasteiger partial charge < -0.3 is 20.5 Å². The second kappa shape index (κ2) is 9.42. The van der Waals surface area contributed by atoms with Crippen LogP contribution in [-0.4, -0.2) is 30.3 Å². The second-order valence-electron chi connectivity index (χ2n) is 4.87. The van der Waals surface area contributed by atoms with E-state index >= 15 is 0 Å². The number of phenolic OH excluding ortho intramolecular Hbond substituents is 1. The van der Waals surface area contributed by atoms with Gasteiger partial charge in [-0.3, -0.25) is 4.79 Å². The number of nitrogens with one attached hydrogen (secondary N) is 2. The van der Waals surface area contributed by atoms with Crippen molar-refractivity contribution in [2.24, 2.45) is 0 Å². The van der Waals surface area contributed by atoms with Crippen LogP contribution in [0.3, 0.4) is 0 Å². The Morgan fingerprint density at radius 2 is 2.18 bits per heavy atom. The number of phenols is 1. The predicted molar refractivity (Wildman–Crippen MR) is 84.1 cm³/mol. The van der Waals surface area contributed by atoms with Crippen LogP contribution in [0.15, 0.2) is 36.0 Å². The van der Waals surface area contributed by atoms with Gasteiger partial charge in [-0.1, -0.05) is 12.1 Å². The average molecular weight is 303 g/mol. The number of rotatable bonds is 8. The van der Waals surface area contributed by atoms with Crippen LogP contribution >= 0.6 is 0 Å². The summed E-state index contributed by atoms with van der Waals surface area (Å²) in [6, 6.07) is 8.16. The van der Waals surface area contributed by atoms with Crippen molar-refractivity contribution < 1.29 is 14.6 Å². The number of carbonyl (C=O) groups excluding carboxylic acids is 1. The highest BCUT2D eigenvalue weighted by Crippen LogP contribution is 2.21. The first kappa shape index (κ1) is 17.5. The molecule has 0 fully saturated rings. The van der Waals surface area contributed by atoms with Gasteiger partial charge in [-0.2, -0.15) is 5.26 Å². The zero-order valence-corrected chi connectivity index (χ0v) is 12.8. The zero-order chi connectivity index (χ0) is 16.4. The molecule has 6 heteroatoms. The molecule has 1 aromatic carbocycles. The van der Waals surface area contributed by atoms with E-state index in [4.69, 9.17) is 10.00 Å². The van der Waals surface area contributed by atoms with Crippen molar-refractivity contribution in [3.05, 3.63) is 36.0 Å². The van der Waals surface area contributed by atoms with E-state index in [1.807, 2.05) is 19.9 Å². The number of para-hydroxylation sites is 2. The van der Waals surface area contributed by atoms with Crippen LogP contribution in [0.1, 0.15) is 20.3 Å². The Morgan fingerprint density at radius 1 is 1.45 bits per heavy atom. The Morgan fingerprint density at radius 3 is 2.82 bits per heavy atom. The Hall–Kier alpha value is -2.52. The molecule has 6 nitrogen and oxygen atoms in total. The maximum absolute atomic E-state index is 11.9. The Balaban J connectivity index is 2.46. The number of aromatic hydroxyl groups is 1. The first-order valence-electron chi connectivity index (χ1n) is 7.09. The minimum atomic E-state index is -0.574. The van der Waals surface area contributed by atoms with Gasteiger partial charge in [-0.25, -0.2) is 0 Å². The highest BCUT2D eigenvalue weighted by Gasteiger charge is 2.10. The number of nitriles is 1. The molecule has 0 atom stereocenters. The van der Waals surface area contributed by atoms with Gasteiger partial charge in [0.25, 0.3) is 5.91 Å². The van der Waals surface area contributed by atoms with Gasteiger partial charge >= 0.3 is 0 Å². The highest BCUT2D eigenvalue weighted by atomic mass is 16.5. The molecule has 0 aromatic heterocycles. The third-order valence-corrected chi connectivity index (χ3v) is 2.68. The molecule has 0 aliphatic rings. The van der Waals surface area contributed by atoms with Crippen molar-refractivity contribution in [3.8, 4) is 11.8 Å². The van der Waals surface area contributed by atoms with E-state index < -0.39 is 5.91 Å². The maximum atomic E-state index is 11.9. The molecule has 0 heterocycles. The van der Waals surface area contributed by atoms with Gasteiger partial charge in [0.15, 0.2) is 0 Å². The molecular formula is C16H21N3O3. The molecule has 1 amide bonds. The molecule has 118 valence electrons. The molecule has 0 unspecified atom stereocenters. The van der Waals surface area contributed by atoms with Gasteiger partial charge in [0.1, 0.15) is 17.4 Å². The van der Waals surface area contributed by atoms with Crippen molar-refractivity contribution in [3.63, 3.8) is 0 Å². The summed E-state index contributed by atoms with van der Waals surface area (Å²) in [5, 5.41) is 24.0. The van der Waals surface area contributed by atoms with Crippen molar-refractivity contribution >= 4 is 11.6 Å².